The Balaban J connectivity index is 1.84. The van der Waals surface area contributed by atoms with Crippen molar-refractivity contribution in [3.05, 3.63) is 30.3 Å². The van der Waals surface area contributed by atoms with Gasteiger partial charge in [-0.2, -0.15) is 0 Å². The second-order valence-electron chi connectivity index (χ2n) is 8.06. The quantitative estimate of drug-likeness (QED) is 0.203. The van der Waals surface area contributed by atoms with Crippen LogP contribution in [0.3, 0.4) is 0 Å². The van der Waals surface area contributed by atoms with Crippen LogP contribution in [0.15, 0.2) is 30.3 Å². The molecule has 1 unspecified atom stereocenters. The Hall–Kier alpha value is -0.590. The van der Waals surface area contributed by atoms with Gasteiger partial charge >= 0.3 is 0 Å². The molecule has 1 atom stereocenters. The lowest BCUT2D eigenvalue weighted by molar-refractivity contribution is 0.484. The number of rotatable bonds is 18. The van der Waals surface area contributed by atoms with Gasteiger partial charge < -0.3 is 4.89 Å². The van der Waals surface area contributed by atoms with Crippen LogP contribution in [0.1, 0.15) is 110 Å². The monoisotopic (exact) mass is 394 g/mol. The molecule has 0 spiro atoms. The third-order valence-electron chi connectivity index (χ3n) is 5.47. The molecule has 1 aromatic rings. The predicted octanol–water partition coefficient (Wildman–Crippen LogP) is 7.84. The third kappa shape index (κ3) is 13.3. The standard InChI is InChI=1S/C24H43O2P/c1-2-3-4-5-6-7-8-9-10-11-12-13-14-15-16-20-23-27(25,26)24-21-18-17-19-22-24/h17-19,21-22H,2-16,20,23H2,1H3,(H,25,26). The Morgan fingerprint density at radius 3 is 1.41 bits per heavy atom. The molecule has 0 bridgehead atoms. The van der Waals surface area contributed by atoms with E-state index in [1.165, 1.54) is 89.9 Å². The summed E-state index contributed by atoms with van der Waals surface area (Å²) >= 11 is 0. The van der Waals surface area contributed by atoms with Crippen LogP contribution in [0, 0.1) is 0 Å². The van der Waals surface area contributed by atoms with Gasteiger partial charge in [0.15, 0.2) is 0 Å². The first-order valence-electron chi connectivity index (χ1n) is 11.5. The van der Waals surface area contributed by atoms with E-state index >= 15 is 0 Å². The van der Waals surface area contributed by atoms with Crippen molar-refractivity contribution in [3.8, 4) is 0 Å². The molecule has 0 aliphatic rings. The molecule has 0 heterocycles. The maximum absolute atomic E-state index is 12.3. The summed E-state index contributed by atoms with van der Waals surface area (Å²) in [7, 11) is -3.13. The van der Waals surface area contributed by atoms with Crippen molar-refractivity contribution < 1.29 is 9.46 Å². The second kappa shape index (κ2) is 16.4. The van der Waals surface area contributed by atoms with Gasteiger partial charge in [0.2, 0.25) is 7.37 Å². The van der Waals surface area contributed by atoms with Crippen LogP contribution in [-0.2, 0) is 4.57 Å². The van der Waals surface area contributed by atoms with E-state index in [2.05, 4.69) is 6.92 Å². The summed E-state index contributed by atoms with van der Waals surface area (Å²) < 4.78 is 12.3. The van der Waals surface area contributed by atoms with Gasteiger partial charge in [0.25, 0.3) is 0 Å². The summed E-state index contributed by atoms with van der Waals surface area (Å²) in [6, 6.07) is 9.11. The molecule has 156 valence electrons. The van der Waals surface area contributed by atoms with Gasteiger partial charge in [0.05, 0.1) is 0 Å². The fraction of sp³-hybridized carbons (Fsp3) is 0.750. The summed E-state index contributed by atoms with van der Waals surface area (Å²) in [6.07, 6.45) is 21.6. The fourth-order valence-electron chi connectivity index (χ4n) is 3.66. The molecule has 27 heavy (non-hydrogen) atoms. The van der Waals surface area contributed by atoms with E-state index in [1.54, 1.807) is 12.1 Å². The van der Waals surface area contributed by atoms with Crippen molar-refractivity contribution in [2.75, 3.05) is 6.16 Å². The van der Waals surface area contributed by atoms with E-state index in [0.29, 0.717) is 11.5 Å². The van der Waals surface area contributed by atoms with Crippen molar-refractivity contribution in [3.63, 3.8) is 0 Å². The Morgan fingerprint density at radius 2 is 1.00 bits per heavy atom. The normalized spacial score (nSPS) is 13.6. The lowest BCUT2D eigenvalue weighted by Gasteiger charge is -2.11. The molecule has 0 aliphatic heterocycles. The molecule has 0 radical (unpaired) electrons. The number of benzene rings is 1. The molecule has 0 aromatic heterocycles. The smallest absolute Gasteiger partial charge is 0.229 e. The predicted molar refractivity (Wildman–Crippen MR) is 120 cm³/mol. The van der Waals surface area contributed by atoms with E-state index in [4.69, 9.17) is 0 Å². The van der Waals surface area contributed by atoms with Crippen molar-refractivity contribution in [2.45, 2.75) is 110 Å². The minimum absolute atomic E-state index is 0.426. The van der Waals surface area contributed by atoms with Gasteiger partial charge in [-0.25, -0.2) is 0 Å². The highest BCUT2D eigenvalue weighted by Gasteiger charge is 2.19. The second-order valence-corrected chi connectivity index (χ2v) is 10.4. The van der Waals surface area contributed by atoms with Crippen LogP contribution in [0.25, 0.3) is 0 Å². The summed E-state index contributed by atoms with van der Waals surface area (Å²) in [5, 5.41) is 0.603. The topological polar surface area (TPSA) is 37.3 Å². The molecule has 2 nitrogen and oxygen atoms in total. The van der Waals surface area contributed by atoms with E-state index in [-0.39, 0.29) is 0 Å². The molecule has 1 aromatic carbocycles. The van der Waals surface area contributed by atoms with Crippen LogP contribution in [0.4, 0.5) is 0 Å². The average molecular weight is 395 g/mol. The van der Waals surface area contributed by atoms with Crippen LogP contribution >= 0.6 is 7.37 Å². The van der Waals surface area contributed by atoms with E-state index < -0.39 is 7.37 Å². The molecular formula is C24H43O2P. The molecular weight excluding hydrogens is 351 g/mol. The van der Waals surface area contributed by atoms with Gasteiger partial charge in [-0.1, -0.05) is 121 Å². The highest BCUT2D eigenvalue weighted by Crippen LogP contribution is 2.40. The van der Waals surface area contributed by atoms with Crippen molar-refractivity contribution >= 4 is 12.7 Å². The third-order valence-corrected chi connectivity index (χ3v) is 7.50. The largest absolute Gasteiger partial charge is 0.341 e. The van der Waals surface area contributed by atoms with Gasteiger partial charge in [-0.05, 0) is 18.6 Å². The number of unbranched alkanes of at least 4 members (excludes halogenated alkanes) is 15. The Labute approximate surface area is 168 Å². The average Bonchev–Trinajstić information content (AvgIpc) is 2.68. The van der Waals surface area contributed by atoms with Crippen LogP contribution in [-0.4, -0.2) is 11.1 Å². The summed E-state index contributed by atoms with van der Waals surface area (Å²) in [4.78, 5) is 10.2. The summed E-state index contributed by atoms with van der Waals surface area (Å²) in [5.74, 6) is 0. The molecule has 0 aliphatic carbocycles. The van der Waals surface area contributed by atoms with E-state index in [0.717, 1.165) is 12.8 Å². The molecule has 0 saturated carbocycles. The molecule has 0 saturated heterocycles. The Morgan fingerprint density at radius 1 is 0.630 bits per heavy atom. The zero-order valence-electron chi connectivity index (χ0n) is 17.7. The minimum Gasteiger partial charge on any atom is -0.341 e. The van der Waals surface area contributed by atoms with E-state index in [1.807, 2.05) is 18.2 Å². The van der Waals surface area contributed by atoms with Crippen LogP contribution < -0.4 is 5.30 Å². The number of hydrogen-bond donors (Lipinski definition) is 1. The van der Waals surface area contributed by atoms with Gasteiger partial charge in [0, 0.05) is 11.5 Å². The van der Waals surface area contributed by atoms with Crippen molar-refractivity contribution in [1.29, 1.82) is 0 Å². The first-order chi connectivity index (χ1) is 13.2. The van der Waals surface area contributed by atoms with Gasteiger partial charge in [-0.15, -0.1) is 0 Å². The number of hydrogen-bond acceptors (Lipinski definition) is 1. The minimum atomic E-state index is -3.13. The molecule has 0 fully saturated rings. The van der Waals surface area contributed by atoms with Crippen LogP contribution in [0.5, 0.6) is 0 Å². The Kier molecular flexibility index (Phi) is 14.8. The van der Waals surface area contributed by atoms with Crippen molar-refractivity contribution in [1.82, 2.24) is 0 Å². The molecule has 1 N–H and O–H groups in total. The highest BCUT2D eigenvalue weighted by atomic mass is 31.2. The highest BCUT2D eigenvalue weighted by molar-refractivity contribution is 7.66. The lowest BCUT2D eigenvalue weighted by Crippen LogP contribution is -2.06. The van der Waals surface area contributed by atoms with E-state index in [9.17, 15) is 9.46 Å². The van der Waals surface area contributed by atoms with Gasteiger partial charge in [-0.3, -0.25) is 4.57 Å². The summed E-state index contributed by atoms with van der Waals surface area (Å²) in [6.45, 7) is 2.28. The molecule has 1 rings (SSSR count). The zero-order chi connectivity index (χ0) is 19.6. The fourth-order valence-corrected chi connectivity index (χ4v) is 5.21. The van der Waals surface area contributed by atoms with Crippen molar-refractivity contribution in [2.24, 2.45) is 0 Å². The Bertz CT molecular complexity index is 486. The summed E-state index contributed by atoms with van der Waals surface area (Å²) in [5.41, 5.74) is 0. The molecule has 0 amide bonds. The zero-order valence-corrected chi connectivity index (χ0v) is 18.6. The first-order valence-corrected chi connectivity index (χ1v) is 13.4. The maximum atomic E-state index is 12.3. The maximum Gasteiger partial charge on any atom is 0.229 e. The van der Waals surface area contributed by atoms with Gasteiger partial charge in [0.1, 0.15) is 0 Å². The van der Waals surface area contributed by atoms with Crippen LogP contribution in [0.2, 0.25) is 0 Å². The molecule has 3 heteroatoms. The lowest BCUT2D eigenvalue weighted by atomic mass is 10.0. The SMILES string of the molecule is CCCCCCCCCCCCCCCCCCP(=O)(O)c1ccccc1. The first kappa shape index (κ1) is 24.4.